The van der Waals surface area contributed by atoms with Crippen LogP contribution in [0.25, 0.3) is 11.5 Å². The van der Waals surface area contributed by atoms with Crippen LogP contribution in [0.5, 0.6) is 0 Å². The van der Waals surface area contributed by atoms with E-state index >= 15 is 0 Å². The molecule has 0 aliphatic carbocycles. The van der Waals surface area contributed by atoms with E-state index in [2.05, 4.69) is 38.8 Å². The predicted octanol–water partition coefficient (Wildman–Crippen LogP) is 3.76. The van der Waals surface area contributed by atoms with Crippen molar-refractivity contribution in [2.75, 3.05) is 19.6 Å². The Labute approximate surface area is 194 Å². The number of rotatable bonds is 8. The molecule has 33 heavy (non-hydrogen) atoms. The minimum atomic E-state index is 0.212. The van der Waals surface area contributed by atoms with Crippen molar-refractivity contribution in [3.8, 4) is 11.5 Å². The Morgan fingerprint density at radius 3 is 2.70 bits per heavy atom. The van der Waals surface area contributed by atoms with Crippen LogP contribution in [0.1, 0.15) is 36.6 Å². The fourth-order valence-corrected chi connectivity index (χ4v) is 3.91. The van der Waals surface area contributed by atoms with Crippen LogP contribution in [-0.2, 0) is 24.3 Å². The molecule has 0 fully saturated rings. The molecular formula is C26H31N5O2. The van der Waals surface area contributed by atoms with Crippen molar-refractivity contribution < 1.29 is 9.21 Å². The van der Waals surface area contributed by atoms with Gasteiger partial charge < -0.3 is 20.0 Å². The molecule has 1 aromatic heterocycles. The van der Waals surface area contributed by atoms with Crippen molar-refractivity contribution in [2.45, 2.75) is 39.3 Å². The number of carbonyl (C=O) groups is 1. The molecule has 0 bridgehead atoms. The maximum Gasteiger partial charge on any atom is 0.226 e. The number of nitrogens with zero attached hydrogens (tertiary/aromatic N) is 3. The summed E-state index contributed by atoms with van der Waals surface area (Å²) in [5.41, 5.74) is 4.34. The number of guanidine groups is 1. The third-order valence-electron chi connectivity index (χ3n) is 5.66. The summed E-state index contributed by atoms with van der Waals surface area (Å²) >= 11 is 0. The van der Waals surface area contributed by atoms with Gasteiger partial charge in [-0.15, -0.1) is 0 Å². The standard InChI is InChI=1S/C26H31N5O2/c1-2-27-26(29-17-23-19-33-25(30-23)21-10-4-3-5-11-21)28-15-8-13-24(32)31-16-14-20-9-6-7-12-22(20)18-31/h3-7,9-12,19H,2,8,13-18H2,1H3,(H2,27,28,29). The highest BCUT2D eigenvalue weighted by Crippen LogP contribution is 2.19. The molecule has 0 saturated carbocycles. The second-order valence-electron chi connectivity index (χ2n) is 8.07. The van der Waals surface area contributed by atoms with Gasteiger partial charge in [-0.25, -0.2) is 9.98 Å². The van der Waals surface area contributed by atoms with Crippen molar-refractivity contribution >= 4 is 11.9 Å². The van der Waals surface area contributed by atoms with Gasteiger partial charge in [0.15, 0.2) is 5.96 Å². The quantitative estimate of drug-likeness (QED) is 0.313. The fourth-order valence-electron chi connectivity index (χ4n) is 3.91. The number of hydrogen-bond donors (Lipinski definition) is 2. The van der Waals surface area contributed by atoms with E-state index in [1.54, 1.807) is 6.26 Å². The molecule has 0 spiro atoms. The molecule has 0 unspecified atom stereocenters. The molecule has 3 aromatic rings. The number of oxazole rings is 1. The number of carbonyl (C=O) groups excluding carboxylic acids is 1. The van der Waals surface area contributed by atoms with Crippen LogP contribution in [0.2, 0.25) is 0 Å². The molecule has 2 aromatic carbocycles. The molecular weight excluding hydrogens is 414 g/mol. The molecule has 7 heteroatoms. The van der Waals surface area contributed by atoms with Crippen LogP contribution in [0.15, 0.2) is 70.3 Å². The van der Waals surface area contributed by atoms with Gasteiger partial charge in [0.25, 0.3) is 0 Å². The van der Waals surface area contributed by atoms with E-state index in [1.807, 2.05) is 48.2 Å². The van der Waals surface area contributed by atoms with Gasteiger partial charge in [-0.05, 0) is 43.0 Å². The zero-order valence-corrected chi connectivity index (χ0v) is 19.1. The predicted molar refractivity (Wildman–Crippen MR) is 130 cm³/mol. The number of amides is 1. The Balaban J connectivity index is 1.23. The van der Waals surface area contributed by atoms with E-state index < -0.39 is 0 Å². The van der Waals surface area contributed by atoms with Crippen LogP contribution >= 0.6 is 0 Å². The largest absolute Gasteiger partial charge is 0.444 e. The smallest absolute Gasteiger partial charge is 0.226 e. The molecule has 4 rings (SSSR count). The Morgan fingerprint density at radius 2 is 1.88 bits per heavy atom. The summed E-state index contributed by atoms with van der Waals surface area (Å²) in [4.78, 5) is 23.7. The van der Waals surface area contributed by atoms with E-state index in [9.17, 15) is 4.79 Å². The lowest BCUT2D eigenvalue weighted by molar-refractivity contribution is -0.132. The maximum atomic E-state index is 12.6. The third kappa shape index (κ3) is 6.22. The second-order valence-corrected chi connectivity index (χ2v) is 8.07. The van der Waals surface area contributed by atoms with Gasteiger partial charge >= 0.3 is 0 Å². The van der Waals surface area contributed by atoms with Crippen molar-refractivity contribution in [3.63, 3.8) is 0 Å². The number of nitrogens with one attached hydrogen (secondary N) is 2. The SMILES string of the molecule is CCNC(=NCc1coc(-c2ccccc2)n1)NCCCC(=O)N1CCc2ccccc2C1. The van der Waals surface area contributed by atoms with Crippen LogP contribution in [0.4, 0.5) is 0 Å². The van der Waals surface area contributed by atoms with E-state index in [-0.39, 0.29) is 5.91 Å². The normalized spacial score (nSPS) is 13.5. The van der Waals surface area contributed by atoms with E-state index in [4.69, 9.17) is 4.42 Å². The molecule has 172 valence electrons. The average molecular weight is 446 g/mol. The van der Waals surface area contributed by atoms with Crippen LogP contribution < -0.4 is 10.6 Å². The molecule has 7 nitrogen and oxygen atoms in total. The lowest BCUT2D eigenvalue weighted by atomic mass is 9.99. The van der Waals surface area contributed by atoms with Crippen molar-refractivity contribution in [1.29, 1.82) is 0 Å². The van der Waals surface area contributed by atoms with Crippen molar-refractivity contribution in [3.05, 3.63) is 77.7 Å². The van der Waals surface area contributed by atoms with Crippen LogP contribution in [0, 0.1) is 0 Å². The highest BCUT2D eigenvalue weighted by molar-refractivity contribution is 5.80. The minimum absolute atomic E-state index is 0.212. The summed E-state index contributed by atoms with van der Waals surface area (Å²) in [6.07, 6.45) is 3.86. The molecule has 1 aliphatic rings. The highest BCUT2D eigenvalue weighted by Gasteiger charge is 2.19. The number of hydrogen-bond acceptors (Lipinski definition) is 4. The zero-order chi connectivity index (χ0) is 22.9. The minimum Gasteiger partial charge on any atom is -0.444 e. The van der Waals surface area contributed by atoms with Gasteiger partial charge in [0.2, 0.25) is 11.8 Å². The average Bonchev–Trinajstić information content (AvgIpc) is 3.34. The van der Waals surface area contributed by atoms with Gasteiger partial charge in [-0.1, -0.05) is 42.5 Å². The molecule has 0 radical (unpaired) electrons. The van der Waals surface area contributed by atoms with Gasteiger partial charge in [0.05, 0.1) is 6.54 Å². The Morgan fingerprint density at radius 1 is 1.09 bits per heavy atom. The molecule has 0 saturated heterocycles. The number of aromatic nitrogens is 1. The van der Waals surface area contributed by atoms with Crippen LogP contribution in [0.3, 0.4) is 0 Å². The number of fused-ring (bicyclic) bond motifs is 1. The summed E-state index contributed by atoms with van der Waals surface area (Å²) in [5, 5.41) is 6.55. The van der Waals surface area contributed by atoms with Crippen molar-refractivity contribution in [2.24, 2.45) is 4.99 Å². The number of aliphatic imine (C=N–C) groups is 1. The Hall–Kier alpha value is -3.61. The second kappa shape index (κ2) is 11.3. The summed E-state index contributed by atoms with van der Waals surface area (Å²) < 4.78 is 5.58. The lowest BCUT2D eigenvalue weighted by Gasteiger charge is -2.29. The molecule has 1 amide bonds. The summed E-state index contributed by atoms with van der Waals surface area (Å²) in [6, 6.07) is 18.2. The van der Waals surface area contributed by atoms with Gasteiger partial charge in [-0.3, -0.25) is 4.79 Å². The van der Waals surface area contributed by atoms with Crippen LogP contribution in [-0.4, -0.2) is 41.4 Å². The van der Waals surface area contributed by atoms with Crippen molar-refractivity contribution in [1.82, 2.24) is 20.5 Å². The molecule has 1 aliphatic heterocycles. The summed E-state index contributed by atoms with van der Waals surface area (Å²) in [6.45, 7) is 5.39. The molecule has 0 atom stereocenters. The topological polar surface area (TPSA) is 82.8 Å². The lowest BCUT2D eigenvalue weighted by Crippen LogP contribution is -2.39. The number of benzene rings is 2. The third-order valence-corrected chi connectivity index (χ3v) is 5.66. The van der Waals surface area contributed by atoms with Gasteiger partial charge in [0.1, 0.15) is 12.0 Å². The van der Waals surface area contributed by atoms with E-state index in [0.717, 1.165) is 43.7 Å². The monoisotopic (exact) mass is 445 g/mol. The first kappa shape index (κ1) is 22.6. The van der Waals surface area contributed by atoms with Gasteiger partial charge in [0, 0.05) is 38.2 Å². The fraction of sp³-hybridized carbons (Fsp3) is 0.346. The maximum absolute atomic E-state index is 12.6. The van der Waals surface area contributed by atoms with Gasteiger partial charge in [-0.2, -0.15) is 0 Å². The molecule has 2 N–H and O–H groups in total. The first-order chi connectivity index (χ1) is 16.2. The summed E-state index contributed by atoms with van der Waals surface area (Å²) in [7, 11) is 0. The molecule has 2 heterocycles. The first-order valence-corrected chi connectivity index (χ1v) is 11.6. The Bertz CT molecular complexity index is 1080. The van der Waals surface area contributed by atoms with E-state index in [1.165, 1.54) is 11.1 Å². The summed E-state index contributed by atoms with van der Waals surface area (Å²) in [5.74, 6) is 1.52. The van der Waals surface area contributed by atoms with E-state index in [0.29, 0.717) is 31.4 Å². The zero-order valence-electron chi connectivity index (χ0n) is 19.1. The first-order valence-electron chi connectivity index (χ1n) is 11.6. The Kier molecular flexibility index (Phi) is 7.74. The highest BCUT2D eigenvalue weighted by atomic mass is 16.3.